The molecular formula is C28H30O2. The van der Waals surface area contributed by atoms with E-state index in [1.807, 2.05) is 24.3 Å². The quantitative estimate of drug-likeness (QED) is 0.452. The zero-order valence-electron chi connectivity index (χ0n) is 17.4. The second-order valence-electron chi connectivity index (χ2n) is 8.31. The second kappa shape index (κ2) is 9.88. The Kier molecular flexibility index (Phi) is 6.78. The Morgan fingerprint density at radius 3 is 1.40 bits per heavy atom. The number of benzene rings is 3. The molecule has 2 heteroatoms. The van der Waals surface area contributed by atoms with Gasteiger partial charge >= 0.3 is 0 Å². The van der Waals surface area contributed by atoms with E-state index in [0.29, 0.717) is 12.8 Å². The molecule has 0 amide bonds. The summed E-state index contributed by atoms with van der Waals surface area (Å²) < 4.78 is 0. The first-order valence-corrected chi connectivity index (χ1v) is 10.9. The highest BCUT2D eigenvalue weighted by molar-refractivity contribution is 5.35. The molecule has 7 rings (SSSR count). The summed E-state index contributed by atoms with van der Waals surface area (Å²) in [6.45, 7) is 0. The van der Waals surface area contributed by atoms with Crippen LogP contribution in [0.2, 0.25) is 0 Å². The maximum Gasteiger partial charge on any atom is 0.0793 e. The number of rotatable bonds is 0. The number of aliphatic hydroxyl groups is 2. The minimum Gasteiger partial charge on any atom is -0.388 e. The fraction of sp³-hybridized carbons (Fsp3) is 0.286. The molecule has 0 saturated carbocycles. The molecule has 0 heterocycles. The predicted octanol–water partition coefficient (Wildman–Crippen LogP) is 6.07. The van der Waals surface area contributed by atoms with Gasteiger partial charge in [0.05, 0.1) is 12.2 Å². The highest BCUT2D eigenvalue weighted by atomic mass is 16.3. The SMILES string of the molecule is OC1CC/C=C/CCC(O)c2ccc(cc2)Cc2cccc(c2)Cc2ccc1cc2. The molecule has 30 heavy (non-hydrogen) atoms. The molecule has 0 aromatic heterocycles. The topological polar surface area (TPSA) is 40.5 Å². The van der Waals surface area contributed by atoms with Gasteiger partial charge in [-0.1, -0.05) is 84.9 Å². The van der Waals surface area contributed by atoms with E-state index in [2.05, 4.69) is 60.7 Å². The van der Waals surface area contributed by atoms with Gasteiger partial charge in [-0.25, -0.2) is 0 Å². The minimum atomic E-state index is -0.440. The normalized spacial score (nSPS) is 21.1. The van der Waals surface area contributed by atoms with Crippen molar-refractivity contribution in [2.75, 3.05) is 0 Å². The van der Waals surface area contributed by atoms with Crippen molar-refractivity contribution >= 4 is 0 Å². The van der Waals surface area contributed by atoms with Crippen LogP contribution in [0.5, 0.6) is 0 Å². The summed E-state index contributed by atoms with van der Waals surface area (Å²) >= 11 is 0. The summed E-state index contributed by atoms with van der Waals surface area (Å²) in [5, 5.41) is 20.9. The molecule has 154 valence electrons. The van der Waals surface area contributed by atoms with Crippen LogP contribution < -0.4 is 0 Å². The van der Waals surface area contributed by atoms with Crippen molar-refractivity contribution in [1.82, 2.24) is 0 Å². The lowest BCUT2D eigenvalue weighted by Gasteiger charge is -2.11. The monoisotopic (exact) mass is 398 g/mol. The van der Waals surface area contributed by atoms with E-state index in [1.54, 1.807) is 0 Å². The zero-order valence-corrected chi connectivity index (χ0v) is 17.4. The van der Waals surface area contributed by atoms with Crippen molar-refractivity contribution in [1.29, 1.82) is 0 Å². The smallest absolute Gasteiger partial charge is 0.0793 e. The van der Waals surface area contributed by atoms with Crippen LogP contribution in [0.4, 0.5) is 0 Å². The van der Waals surface area contributed by atoms with Crippen LogP contribution in [0, 0.1) is 0 Å². The van der Waals surface area contributed by atoms with E-state index in [4.69, 9.17) is 0 Å². The molecule has 2 N–H and O–H groups in total. The Labute approximate surface area is 179 Å². The van der Waals surface area contributed by atoms with Gasteiger partial charge in [0.2, 0.25) is 0 Å². The Balaban J connectivity index is 1.58. The van der Waals surface area contributed by atoms with Crippen molar-refractivity contribution in [3.05, 3.63) is 118 Å². The van der Waals surface area contributed by atoms with Crippen molar-refractivity contribution in [3.63, 3.8) is 0 Å². The van der Waals surface area contributed by atoms with Crippen LogP contribution >= 0.6 is 0 Å². The lowest BCUT2D eigenvalue weighted by Crippen LogP contribution is -1.98. The van der Waals surface area contributed by atoms with Crippen LogP contribution in [-0.2, 0) is 12.8 Å². The molecule has 2 nitrogen and oxygen atoms in total. The molecule has 2 unspecified atom stereocenters. The third-order valence-electron chi connectivity index (χ3n) is 5.92. The van der Waals surface area contributed by atoms with Crippen molar-refractivity contribution in [3.8, 4) is 0 Å². The van der Waals surface area contributed by atoms with Crippen LogP contribution in [0.3, 0.4) is 0 Å². The van der Waals surface area contributed by atoms with Crippen molar-refractivity contribution < 1.29 is 10.2 Å². The van der Waals surface area contributed by atoms with E-state index in [1.165, 1.54) is 22.3 Å². The van der Waals surface area contributed by atoms with Gasteiger partial charge in [-0.15, -0.1) is 0 Å². The fourth-order valence-corrected chi connectivity index (χ4v) is 4.11. The van der Waals surface area contributed by atoms with Gasteiger partial charge in [-0.05, 0) is 71.9 Å². The van der Waals surface area contributed by atoms with Gasteiger partial charge in [0.15, 0.2) is 0 Å². The molecule has 0 fully saturated rings. The molecule has 0 spiro atoms. The lowest BCUT2D eigenvalue weighted by molar-refractivity contribution is 0.167. The molecule has 3 aromatic rings. The van der Waals surface area contributed by atoms with Gasteiger partial charge in [0, 0.05) is 0 Å². The molecular weight excluding hydrogens is 368 g/mol. The number of hydrogen-bond donors (Lipinski definition) is 2. The summed E-state index contributed by atoms with van der Waals surface area (Å²) in [5.74, 6) is 0. The summed E-state index contributed by atoms with van der Waals surface area (Å²) in [6.07, 6.45) is 8.21. The van der Waals surface area contributed by atoms with Gasteiger partial charge < -0.3 is 10.2 Å². The Hall–Kier alpha value is -2.68. The third-order valence-corrected chi connectivity index (χ3v) is 5.92. The fourth-order valence-electron chi connectivity index (χ4n) is 4.11. The van der Waals surface area contributed by atoms with E-state index in [-0.39, 0.29) is 0 Å². The maximum absolute atomic E-state index is 10.5. The molecule has 0 saturated heterocycles. The summed E-state index contributed by atoms with van der Waals surface area (Å²) in [5.41, 5.74) is 7.06. The van der Waals surface area contributed by atoms with E-state index < -0.39 is 12.2 Å². The van der Waals surface area contributed by atoms with Crippen LogP contribution in [0.25, 0.3) is 0 Å². The van der Waals surface area contributed by atoms with E-state index in [0.717, 1.165) is 36.8 Å². The Morgan fingerprint density at radius 2 is 0.967 bits per heavy atom. The Morgan fingerprint density at radius 1 is 0.533 bits per heavy atom. The van der Waals surface area contributed by atoms with Crippen LogP contribution in [0.1, 0.15) is 71.3 Å². The molecule has 2 atom stereocenters. The number of allylic oxidation sites excluding steroid dienone is 2. The van der Waals surface area contributed by atoms with Gasteiger partial charge in [-0.3, -0.25) is 0 Å². The largest absolute Gasteiger partial charge is 0.388 e. The molecule has 0 radical (unpaired) electrons. The summed E-state index contributed by atoms with van der Waals surface area (Å²) in [7, 11) is 0. The first kappa shape index (κ1) is 20.6. The first-order chi connectivity index (χ1) is 14.7. The molecule has 4 aliphatic rings. The molecule has 3 aromatic carbocycles. The van der Waals surface area contributed by atoms with E-state index in [9.17, 15) is 10.2 Å². The number of aliphatic hydroxyl groups excluding tert-OH is 2. The van der Waals surface area contributed by atoms with Gasteiger partial charge in [0.25, 0.3) is 0 Å². The average molecular weight is 399 g/mol. The van der Waals surface area contributed by atoms with Crippen molar-refractivity contribution in [2.24, 2.45) is 0 Å². The lowest BCUT2D eigenvalue weighted by atomic mass is 9.97. The summed E-state index contributed by atoms with van der Waals surface area (Å²) in [4.78, 5) is 0. The second-order valence-corrected chi connectivity index (χ2v) is 8.31. The standard InChI is InChI=1S/C28H30O2/c29-27-8-3-1-2-4-9-28(30)26-16-12-22(13-17-26)19-24-7-5-6-23(20-24)18-21-10-14-25(27)15-11-21/h1-2,5-7,10-17,20,27-30H,3-4,8-9,18-19H2/b2-1+. The highest BCUT2D eigenvalue weighted by Crippen LogP contribution is 2.23. The van der Waals surface area contributed by atoms with E-state index >= 15 is 0 Å². The van der Waals surface area contributed by atoms with Gasteiger partial charge in [0.1, 0.15) is 0 Å². The highest BCUT2D eigenvalue weighted by Gasteiger charge is 2.09. The zero-order chi connectivity index (χ0) is 20.8. The first-order valence-electron chi connectivity index (χ1n) is 10.9. The number of hydrogen-bond acceptors (Lipinski definition) is 2. The maximum atomic E-state index is 10.5. The molecule has 0 aliphatic heterocycles. The Bertz CT molecular complexity index is 894. The molecule has 4 aliphatic carbocycles. The van der Waals surface area contributed by atoms with Crippen LogP contribution in [-0.4, -0.2) is 10.2 Å². The average Bonchev–Trinajstić information content (AvgIpc) is 2.76. The summed E-state index contributed by atoms with van der Waals surface area (Å²) in [6, 6.07) is 25.5. The predicted molar refractivity (Wildman–Crippen MR) is 122 cm³/mol. The molecule has 6 bridgehead atoms. The van der Waals surface area contributed by atoms with Gasteiger partial charge in [-0.2, -0.15) is 0 Å². The van der Waals surface area contributed by atoms with Crippen LogP contribution in [0.15, 0.2) is 84.9 Å². The third kappa shape index (κ3) is 5.47. The minimum absolute atomic E-state index is 0.440. The van der Waals surface area contributed by atoms with Crippen molar-refractivity contribution in [2.45, 2.75) is 50.7 Å².